The number of likely N-dealkylation sites (tertiary alicyclic amines) is 1. The lowest BCUT2D eigenvalue weighted by molar-refractivity contribution is -0.161. The van der Waals surface area contributed by atoms with E-state index in [1.54, 1.807) is 12.2 Å². The van der Waals surface area contributed by atoms with E-state index in [0.29, 0.717) is 26.0 Å². The predicted octanol–water partition coefficient (Wildman–Crippen LogP) is 8.39. The van der Waals surface area contributed by atoms with Crippen molar-refractivity contribution in [3.05, 3.63) is 120 Å². The third-order valence-corrected chi connectivity index (χ3v) is 11.7. The van der Waals surface area contributed by atoms with Gasteiger partial charge in [0.15, 0.2) is 5.79 Å². The first-order valence-electron chi connectivity index (χ1n) is 20.2. The number of rotatable bonds is 14. The highest BCUT2D eigenvalue weighted by Gasteiger charge is 2.29. The number of piperidine rings is 2. The van der Waals surface area contributed by atoms with Crippen LogP contribution in [0.3, 0.4) is 0 Å². The summed E-state index contributed by atoms with van der Waals surface area (Å²) in [5, 5.41) is 15.4. The number of nitrogens with one attached hydrogen (secondary N) is 2. The van der Waals surface area contributed by atoms with Gasteiger partial charge in [-0.25, -0.2) is 0 Å². The number of benzene rings is 3. The van der Waals surface area contributed by atoms with Crippen LogP contribution in [0, 0.1) is 11.8 Å². The second kappa shape index (κ2) is 17.8. The first kappa shape index (κ1) is 37.8. The van der Waals surface area contributed by atoms with Crippen molar-refractivity contribution in [3.8, 4) is 11.1 Å². The summed E-state index contributed by atoms with van der Waals surface area (Å²) in [5.41, 5.74) is 6.59. The lowest BCUT2D eigenvalue weighted by atomic mass is 9.87. The summed E-state index contributed by atoms with van der Waals surface area (Å²) in [6, 6.07) is 24.3. The van der Waals surface area contributed by atoms with Crippen molar-refractivity contribution in [1.29, 1.82) is 0 Å². The molecule has 2 saturated heterocycles. The minimum absolute atomic E-state index is 0.00145. The number of ether oxygens (including phenoxy) is 1. The Labute approximate surface area is 320 Å². The molecule has 2 aliphatic heterocycles. The molecule has 0 radical (unpaired) electrons. The van der Waals surface area contributed by atoms with E-state index in [1.807, 2.05) is 77.5 Å². The molecule has 3 aliphatic rings. The Bertz CT molecular complexity index is 1950. The minimum Gasteiger partial charge on any atom is -0.362 e. The molecule has 2 amide bonds. The van der Waals surface area contributed by atoms with Crippen LogP contribution >= 0.6 is 0 Å². The fraction of sp³-hybridized carbons (Fsp3) is 0.435. The van der Waals surface area contributed by atoms with Gasteiger partial charge in [-0.1, -0.05) is 73.9 Å². The van der Waals surface area contributed by atoms with Gasteiger partial charge in [0.25, 0.3) is 5.91 Å². The maximum absolute atomic E-state index is 14.0. The number of aromatic amines is 1. The number of para-hydroxylation sites is 1. The van der Waals surface area contributed by atoms with Crippen LogP contribution in [0.1, 0.15) is 86.2 Å². The van der Waals surface area contributed by atoms with Gasteiger partial charge in [-0.15, -0.1) is 0 Å². The molecule has 0 saturated carbocycles. The molecular weight excluding hydrogens is 673 g/mol. The quantitative estimate of drug-likeness (QED) is 0.113. The zero-order valence-electron chi connectivity index (χ0n) is 31.8. The second-order valence-electron chi connectivity index (χ2n) is 15.4. The van der Waals surface area contributed by atoms with E-state index in [-0.39, 0.29) is 18.2 Å². The summed E-state index contributed by atoms with van der Waals surface area (Å²) in [4.78, 5) is 34.9. The third kappa shape index (κ3) is 9.41. The largest absolute Gasteiger partial charge is 0.362 e. The summed E-state index contributed by atoms with van der Waals surface area (Å²) in [5.74, 6) is 0.346. The number of fused-ring (bicyclic) bond motifs is 1. The van der Waals surface area contributed by atoms with Gasteiger partial charge in [0.2, 0.25) is 5.91 Å². The average molecular weight is 729 g/mol. The smallest absolute Gasteiger partial charge is 0.253 e. The standard InChI is InChI=1S/C46H56N4O4/c1-2-54-46(53)24-18-41(19-25-46)50(44(51)17-16-40-32-48-43-15-4-3-14-42(40)43)33-36-10-6-11-37(30-36)38-12-7-13-39(31-38)45(52)49-28-22-35(23-29-49)9-5-8-34-20-26-47-27-21-34/h3-4,6-7,10-15,18-19,24,30-32,34-35,47-48,53H,2,5,8-9,16-17,20-23,25-29,33H2,1H3. The molecule has 1 unspecified atom stereocenters. The van der Waals surface area contributed by atoms with E-state index >= 15 is 0 Å². The highest BCUT2D eigenvalue weighted by atomic mass is 16.6. The molecule has 3 heterocycles. The summed E-state index contributed by atoms with van der Waals surface area (Å²) >= 11 is 0. The van der Waals surface area contributed by atoms with Gasteiger partial charge in [0.05, 0.1) is 6.54 Å². The fourth-order valence-electron chi connectivity index (χ4n) is 8.53. The lowest BCUT2D eigenvalue weighted by Gasteiger charge is -2.32. The molecule has 1 atom stereocenters. The van der Waals surface area contributed by atoms with Crippen LogP contribution < -0.4 is 5.32 Å². The van der Waals surface area contributed by atoms with Crippen molar-refractivity contribution in [1.82, 2.24) is 20.1 Å². The number of H-pyrrole nitrogens is 1. The summed E-state index contributed by atoms with van der Waals surface area (Å²) in [6.45, 7) is 6.60. The number of allylic oxidation sites excluding steroid dienone is 1. The number of hydrogen-bond donors (Lipinski definition) is 3. The Hall–Kier alpha value is -4.50. The number of nitrogens with zero attached hydrogens (tertiary/aromatic N) is 2. The molecule has 0 spiro atoms. The van der Waals surface area contributed by atoms with E-state index in [0.717, 1.165) is 82.2 Å². The first-order valence-corrected chi connectivity index (χ1v) is 20.2. The third-order valence-electron chi connectivity index (χ3n) is 11.7. The van der Waals surface area contributed by atoms with Crippen LogP contribution in [0.2, 0.25) is 0 Å². The minimum atomic E-state index is -1.37. The molecule has 4 aromatic rings. The normalized spacial score (nSPS) is 19.6. The van der Waals surface area contributed by atoms with E-state index in [9.17, 15) is 14.7 Å². The summed E-state index contributed by atoms with van der Waals surface area (Å²) < 4.78 is 5.57. The molecule has 7 rings (SSSR count). The Balaban J connectivity index is 1.01. The lowest BCUT2D eigenvalue weighted by Crippen LogP contribution is -2.38. The number of carbonyl (C=O) groups is 2. The molecular formula is C46H56N4O4. The topological polar surface area (TPSA) is 97.9 Å². The Morgan fingerprint density at radius 2 is 1.67 bits per heavy atom. The Morgan fingerprint density at radius 3 is 2.43 bits per heavy atom. The maximum atomic E-state index is 14.0. The number of aryl methyl sites for hydroxylation is 1. The monoisotopic (exact) mass is 728 g/mol. The molecule has 8 heteroatoms. The zero-order valence-corrected chi connectivity index (χ0v) is 31.8. The molecule has 1 aromatic heterocycles. The van der Waals surface area contributed by atoms with E-state index in [1.165, 1.54) is 45.2 Å². The van der Waals surface area contributed by atoms with Crippen molar-refractivity contribution in [2.45, 2.75) is 83.5 Å². The molecule has 1 aliphatic carbocycles. The highest BCUT2D eigenvalue weighted by Crippen LogP contribution is 2.30. The van der Waals surface area contributed by atoms with Crippen molar-refractivity contribution >= 4 is 22.7 Å². The SMILES string of the molecule is CCOC1(O)C=CC(N(Cc2cccc(-c3cccc(C(=O)N4CCC(CCCC5CCNCC5)CC4)c3)c2)C(=O)CCc2c[nH]c3ccccc23)=CC1. The van der Waals surface area contributed by atoms with Gasteiger partial charge >= 0.3 is 0 Å². The van der Waals surface area contributed by atoms with Crippen molar-refractivity contribution in [3.63, 3.8) is 0 Å². The van der Waals surface area contributed by atoms with Gasteiger partial charge < -0.3 is 29.9 Å². The molecule has 8 nitrogen and oxygen atoms in total. The zero-order chi connectivity index (χ0) is 37.3. The Kier molecular flexibility index (Phi) is 12.4. The number of carbonyl (C=O) groups excluding carboxylic acids is 2. The number of hydrogen-bond acceptors (Lipinski definition) is 5. The van der Waals surface area contributed by atoms with Crippen LogP contribution in [0.5, 0.6) is 0 Å². The van der Waals surface area contributed by atoms with Gasteiger partial charge in [-0.3, -0.25) is 9.59 Å². The Morgan fingerprint density at radius 1 is 0.926 bits per heavy atom. The first-order chi connectivity index (χ1) is 26.4. The molecule has 284 valence electrons. The van der Waals surface area contributed by atoms with Gasteiger partial charge in [0.1, 0.15) is 0 Å². The van der Waals surface area contributed by atoms with E-state index < -0.39 is 5.79 Å². The van der Waals surface area contributed by atoms with E-state index in [2.05, 4.69) is 34.6 Å². The molecule has 3 aromatic carbocycles. The predicted molar refractivity (Wildman–Crippen MR) is 216 cm³/mol. The number of aromatic nitrogens is 1. The van der Waals surface area contributed by atoms with Crippen molar-refractivity contribution in [2.24, 2.45) is 11.8 Å². The maximum Gasteiger partial charge on any atom is 0.253 e. The summed E-state index contributed by atoms with van der Waals surface area (Å²) in [7, 11) is 0. The highest BCUT2D eigenvalue weighted by molar-refractivity contribution is 5.95. The fourth-order valence-corrected chi connectivity index (χ4v) is 8.53. The van der Waals surface area contributed by atoms with Gasteiger partial charge in [-0.2, -0.15) is 0 Å². The van der Waals surface area contributed by atoms with Crippen molar-refractivity contribution < 1.29 is 19.4 Å². The summed E-state index contributed by atoms with van der Waals surface area (Å²) in [6.07, 6.45) is 17.3. The van der Waals surface area contributed by atoms with Gasteiger partial charge in [-0.05, 0) is 123 Å². The molecule has 54 heavy (non-hydrogen) atoms. The second-order valence-corrected chi connectivity index (χ2v) is 15.4. The van der Waals surface area contributed by atoms with Crippen LogP contribution in [-0.4, -0.2) is 70.3 Å². The van der Waals surface area contributed by atoms with Crippen LogP contribution in [0.4, 0.5) is 0 Å². The van der Waals surface area contributed by atoms with Crippen LogP contribution in [0.25, 0.3) is 22.0 Å². The molecule has 2 fully saturated rings. The number of aliphatic hydroxyl groups is 1. The molecule has 3 N–H and O–H groups in total. The van der Waals surface area contributed by atoms with E-state index in [4.69, 9.17) is 4.74 Å². The molecule has 0 bridgehead atoms. The average Bonchev–Trinajstić information content (AvgIpc) is 3.63. The van der Waals surface area contributed by atoms with Crippen LogP contribution in [0.15, 0.2) is 103 Å². The van der Waals surface area contributed by atoms with Gasteiger partial charge in [0, 0.05) is 60.9 Å². The van der Waals surface area contributed by atoms with Crippen molar-refractivity contribution in [2.75, 3.05) is 32.8 Å². The van der Waals surface area contributed by atoms with Crippen LogP contribution in [-0.2, 0) is 22.5 Å². The number of amides is 2.